The molecule has 0 spiro atoms. The minimum atomic E-state index is -4.83. The summed E-state index contributed by atoms with van der Waals surface area (Å²) < 4.78 is 44.8. The molecule has 1 aliphatic rings. The van der Waals surface area contributed by atoms with Gasteiger partial charge in [0.2, 0.25) is 0 Å². The molecule has 1 amide bonds. The summed E-state index contributed by atoms with van der Waals surface area (Å²) in [6, 6.07) is 6.78. The second-order valence-corrected chi connectivity index (χ2v) is 7.24. The normalized spacial score (nSPS) is 17.0. The van der Waals surface area contributed by atoms with E-state index in [9.17, 15) is 22.8 Å². The fraction of sp³-hybridized carbons (Fsp3) is 0.389. The van der Waals surface area contributed by atoms with Crippen LogP contribution in [0.5, 0.6) is 0 Å². The first-order chi connectivity index (χ1) is 12.5. The van der Waals surface area contributed by atoms with Crippen molar-refractivity contribution in [3.8, 4) is 0 Å². The minimum absolute atomic E-state index is 0.0854. The van der Waals surface area contributed by atoms with Crippen LogP contribution in [0, 0.1) is 0 Å². The van der Waals surface area contributed by atoms with Gasteiger partial charge in [0, 0.05) is 0 Å². The number of alkyl halides is 3. The van der Waals surface area contributed by atoms with E-state index in [1.807, 2.05) is 5.10 Å². The number of rotatable bonds is 1. The fourth-order valence-corrected chi connectivity index (χ4v) is 2.97. The smallest absolute Gasteiger partial charge is 0.421 e. The lowest BCUT2D eigenvalue weighted by atomic mass is 10.0. The number of hydrogen-bond donors (Lipinski definition) is 1. The standard InChI is InChI=1S/C18H18F3N3O3/c1-17(2,3)27-16(26)24-9-10-6-4-5-7-11(10)14(24)13-8-12(18(19,20)21)15(25)23-22-13/h4-8,14H,9H2,1-3H3,(H,23,25). The van der Waals surface area contributed by atoms with Crippen molar-refractivity contribution in [3.05, 3.63) is 63.1 Å². The van der Waals surface area contributed by atoms with Gasteiger partial charge in [-0.05, 0) is 38.0 Å². The molecule has 1 atom stereocenters. The van der Waals surface area contributed by atoms with Crippen LogP contribution in [-0.4, -0.2) is 26.8 Å². The van der Waals surface area contributed by atoms with Crippen molar-refractivity contribution in [2.45, 2.75) is 45.1 Å². The van der Waals surface area contributed by atoms with Gasteiger partial charge in [-0.2, -0.15) is 18.3 Å². The van der Waals surface area contributed by atoms with Crippen LogP contribution in [0.15, 0.2) is 35.1 Å². The van der Waals surface area contributed by atoms with Gasteiger partial charge in [0.05, 0.1) is 12.2 Å². The summed E-state index contributed by atoms with van der Waals surface area (Å²) in [4.78, 5) is 25.5. The zero-order valence-electron chi connectivity index (χ0n) is 14.9. The first-order valence-corrected chi connectivity index (χ1v) is 8.21. The van der Waals surface area contributed by atoms with E-state index >= 15 is 0 Å². The van der Waals surface area contributed by atoms with Crippen molar-refractivity contribution in [3.63, 3.8) is 0 Å². The van der Waals surface area contributed by atoms with Crippen LogP contribution in [0.25, 0.3) is 0 Å². The highest BCUT2D eigenvalue weighted by Gasteiger charge is 2.40. The van der Waals surface area contributed by atoms with Crippen molar-refractivity contribution < 1.29 is 22.7 Å². The van der Waals surface area contributed by atoms with Gasteiger partial charge in [0.15, 0.2) is 0 Å². The maximum absolute atomic E-state index is 13.1. The van der Waals surface area contributed by atoms with E-state index in [1.165, 1.54) is 4.90 Å². The molecule has 0 saturated heterocycles. The van der Waals surface area contributed by atoms with Crippen LogP contribution < -0.4 is 5.56 Å². The molecule has 0 saturated carbocycles. The number of aromatic amines is 1. The molecule has 3 rings (SSSR count). The predicted octanol–water partition coefficient (Wildman–Crippen LogP) is 3.63. The van der Waals surface area contributed by atoms with Gasteiger partial charge in [-0.1, -0.05) is 24.3 Å². The number of carbonyl (C=O) groups excluding carboxylic acids is 1. The summed E-state index contributed by atoms with van der Waals surface area (Å²) in [5, 5.41) is 5.66. The molecule has 2 heterocycles. The molecular weight excluding hydrogens is 363 g/mol. The number of benzene rings is 1. The van der Waals surface area contributed by atoms with E-state index < -0.39 is 35.0 Å². The number of nitrogens with one attached hydrogen (secondary N) is 1. The largest absolute Gasteiger partial charge is 0.444 e. The van der Waals surface area contributed by atoms with Gasteiger partial charge >= 0.3 is 12.3 Å². The third-order valence-corrected chi connectivity index (χ3v) is 4.04. The topological polar surface area (TPSA) is 75.3 Å². The second kappa shape index (κ2) is 6.40. The Balaban J connectivity index is 2.09. The Morgan fingerprint density at radius 3 is 2.56 bits per heavy atom. The number of nitrogens with zero attached hydrogens (tertiary/aromatic N) is 2. The number of amides is 1. The highest BCUT2D eigenvalue weighted by Crippen LogP contribution is 2.39. The maximum Gasteiger partial charge on any atom is 0.421 e. The summed E-state index contributed by atoms with van der Waals surface area (Å²) in [5.41, 5.74) is -2.14. The quantitative estimate of drug-likeness (QED) is 0.819. The minimum Gasteiger partial charge on any atom is -0.444 e. The van der Waals surface area contributed by atoms with Crippen molar-refractivity contribution in [2.24, 2.45) is 0 Å². The molecule has 1 aromatic heterocycles. The third-order valence-electron chi connectivity index (χ3n) is 4.04. The Morgan fingerprint density at radius 1 is 1.26 bits per heavy atom. The molecule has 0 radical (unpaired) electrons. The Labute approximate surface area is 153 Å². The molecule has 1 N–H and O–H groups in total. The number of aromatic nitrogens is 2. The van der Waals surface area contributed by atoms with Gasteiger partial charge in [-0.3, -0.25) is 9.69 Å². The fourth-order valence-electron chi connectivity index (χ4n) is 2.97. The molecule has 9 heteroatoms. The maximum atomic E-state index is 13.1. The van der Waals surface area contributed by atoms with Crippen molar-refractivity contribution in [2.75, 3.05) is 0 Å². The van der Waals surface area contributed by atoms with Gasteiger partial charge < -0.3 is 4.74 Å². The van der Waals surface area contributed by atoms with E-state index in [0.717, 1.165) is 5.56 Å². The monoisotopic (exact) mass is 381 g/mol. The van der Waals surface area contributed by atoms with Crippen LogP contribution in [0.4, 0.5) is 18.0 Å². The molecule has 144 valence electrons. The summed E-state index contributed by atoms with van der Waals surface area (Å²) in [6.45, 7) is 5.26. The predicted molar refractivity (Wildman–Crippen MR) is 89.9 cm³/mol. The first-order valence-electron chi connectivity index (χ1n) is 8.21. The van der Waals surface area contributed by atoms with Gasteiger partial charge in [-0.15, -0.1) is 0 Å². The van der Waals surface area contributed by atoms with E-state index in [2.05, 4.69) is 5.10 Å². The number of ether oxygens (including phenoxy) is 1. The zero-order chi connectivity index (χ0) is 20.0. The lowest BCUT2D eigenvalue weighted by Gasteiger charge is -2.28. The molecule has 0 fully saturated rings. The molecular formula is C18H18F3N3O3. The highest BCUT2D eigenvalue weighted by molar-refractivity contribution is 5.71. The van der Waals surface area contributed by atoms with Crippen LogP contribution in [0.2, 0.25) is 0 Å². The van der Waals surface area contributed by atoms with Crippen LogP contribution in [0.1, 0.15) is 49.2 Å². The summed E-state index contributed by atoms with van der Waals surface area (Å²) in [6.07, 6.45) is -5.51. The molecule has 27 heavy (non-hydrogen) atoms. The van der Waals surface area contributed by atoms with E-state index in [0.29, 0.717) is 11.6 Å². The van der Waals surface area contributed by atoms with Gasteiger partial charge in [0.25, 0.3) is 5.56 Å². The van der Waals surface area contributed by atoms with E-state index in [4.69, 9.17) is 4.74 Å². The highest BCUT2D eigenvalue weighted by atomic mass is 19.4. The van der Waals surface area contributed by atoms with Crippen molar-refractivity contribution in [1.82, 2.24) is 15.1 Å². The SMILES string of the molecule is CC(C)(C)OC(=O)N1Cc2ccccc2C1c1cc(C(F)(F)F)c(=O)[nH]n1. The van der Waals surface area contributed by atoms with E-state index in [-0.39, 0.29) is 12.2 Å². The Morgan fingerprint density at radius 2 is 1.93 bits per heavy atom. The number of fused-ring (bicyclic) bond motifs is 1. The number of carbonyl (C=O) groups is 1. The molecule has 1 aliphatic heterocycles. The molecule has 0 bridgehead atoms. The van der Waals surface area contributed by atoms with Crippen LogP contribution in [-0.2, 0) is 17.5 Å². The van der Waals surface area contributed by atoms with E-state index in [1.54, 1.807) is 45.0 Å². The molecule has 2 aromatic rings. The Bertz CT molecular complexity index is 932. The van der Waals surface area contributed by atoms with Gasteiger partial charge in [0.1, 0.15) is 17.2 Å². The molecule has 1 aromatic carbocycles. The molecule has 6 nitrogen and oxygen atoms in total. The third kappa shape index (κ3) is 3.81. The lowest BCUT2D eigenvalue weighted by molar-refractivity contribution is -0.138. The van der Waals surface area contributed by atoms with Crippen LogP contribution in [0.3, 0.4) is 0 Å². The molecule has 0 aliphatic carbocycles. The summed E-state index contributed by atoms with van der Waals surface area (Å²) in [5.74, 6) is 0. The lowest BCUT2D eigenvalue weighted by Crippen LogP contribution is -2.37. The average Bonchev–Trinajstić information content (AvgIpc) is 2.92. The molecule has 1 unspecified atom stereocenters. The van der Waals surface area contributed by atoms with Crippen LogP contribution >= 0.6 is 0 Å². The second-order valence-electron chi connectivity index (χ2n) is 7.24. The van der Waals surface area contributed by atoms with Gasteiger partial charge in [-0.25, -0.2) is 9.89 Å². The number of H-pyrrole nitrogens is 1. The number of hydrogen-bond acceptors (Lipinski definition) is 4. The summed E-state index contributed by atoms with van der Waals surface area (Å²) in [7, 11) is 0. The summed E-state index contributed by atoms with van der Waals surface area (Å²) >= 11 is 0. The number of halogens is 3. The van der Waals surface area contributed by atoms with Crippen molar-refractivity contribution in [1.29, 1.82) is 0 Å². The Kier molecular flexibility index (Phi) is 4.49. The zero-order valence-corrected chi connectivity index (χ0v) is 14.9. The Hall–Kier alpha value is -2.84. The first kappa shape index (κ1) is 18.9. The average molecular weight is 381 g/mol. The van der Waals surface area contributed by atoms with Crippen molar-refractivity contribution >= 4 is 6.09 Å².